The van der Waals surface area contributed by atoms with E-state index in [-0.39, 0.29) is 5.54 Å². The van der Waals surface area contributed by atoms with E-state index in [1.807, 2.05) is 11.6 Å². The highest BCUT2D eigenvalue weighted by Gasteiger charge is 2.35. The molecule has 0 spiro atoms. The minimum atomic E-state index is -3.21. The third kappa shape index (κ3) is 2.03. The molecular weight excluding hydrogens is 274 g/mol. The highest BCUT2D eigenvalue weighted by molar-refractivity contribution is 7.90. The standard InChI is InChI=1S/C14H19N3O2S/c1-17-12-6-5-10(20(2,18)19)9-11(12)16-13(17)14(15)7-3-4-8-14/h5-6,9H,3-4,7-8,15H2,1-2H3. The Morgan fingerprint density at radius 1 is 1.30 bits per heavy atom. The number of fused-ring (bicyclic) bond motifs is 1. The van der Waals surface area contributed by atoms with Gasteiger partial charge in [0.1, 0.15) is 5.82 Å². The van der Waals surface area contributed by atoms with Crippen molar-refractivity contribution in [1.29, 1.82) is 0 Å². The Morgan fingerprint density at radius 3 is 2.55 bits per heavy atom. The number of nitrogens with two attached hydrogens (primary N) is 1. The molecule has 0 radical (unpaired) electrons. The number of nitrogens with zero attached hydrogens (tertiary/aromatic N) is 2. The number of imidazole rings is 1. The van der Waals surface area contributed by atoms with Gasteiger partial charge in [0.15, 0.2) is 9.84 Å². The molecule has 0 saturated heterocycles. The molecule has 6 heteroatoms. The van der Waals surface area contributed by atoms with Crippen molar-refractivity contribution in [1.82, 2.24) is 9.55 Å². The largest absolute Gasteiger partial charge is 0.330 e. The molecule has 0 bridgehead atoms. The van der Waals surface area contributed by atoms with Gasteiger partial charge in [-0.2, -0.15) is 0 Å². The highest BCUT2D eigenvalue weighted by Crippen LogP contribution is 2.36. The molecule has 1 aromatic heterocycles. The van der Waals surface area contributed by atoms with E-state index in [1.54, 1.807) is 18.2 Å². The van der Waals surface area contributed by atoms with Gasteiger partial charge < -0.3 is 10.3 Å². The maximum absolute atomic E-state index is 11.6. The van der Waals surface area contributed by atoms with Gasteiger partial charge in [0.05, 0.1) is 21.5 Å². The Hall–Kier alpha value is -1.40. The number of sulfone groups is 1. The highest BCUT2D eigenvalue weighted by atomic mass is 32.2. The topological polar surface area (TPSA) is 78.0 Å². The molecule has 20 heavy (non-hydrogen) atoms. The zero-order valence-corrected chi connectivity index (χ0v) is 12.6. The Labute approximate surface area is 118 Å². The summed E-state index contributed by atoms with van der Waals surface area (Å²) >= 11 is 0. The van der Waals surface area contributed by atoms with Crippen molar-refractivity contribution >= 4 is 20.9 Å². The second-order valence-electron chi connectivity index (χ2n) is 5.78. The van der Waals surface area contributed by atoms with Crippen LogP contribution in [0.1, 0.15) is 31.5 Å². The molecule has 0 amide bonds. The number of rotatable bonds is 2. The summed E-state index contributed by atoms with van der Waals surface area (Å²) < 4.78 is 25.2. The lowest BCUT2D eigenvalue weighted by atomic mass is 9.98. The average Bonchev–Trinajstić information content (AvgIpc) is 2.94. The van der Waals surface area contributed by atoms with E-state index in [9.17, 15) is 8.42 Å². The summed E-state index contributed by atoms with van der Waals surface area (Å²) in [7, 11) is -1.27. The van der Waals surface area contributed by atoms with Crippen LogP contribution in [0.4, 0.5) is 0 Å². The van der Waals surface area contributed by atoms with Crippen LogP contribution in [0.25, 0.3) is 11.0 Å². The average molecular weight is 293 g/mol. The zero-order chi connectivity index (χ0) is 14.5. The Kier molecular flexibility index (Phi) is 2.92. The van der Waals surface area contributed by atoms with E-state index in [0.29, 0.717) is 10.4 Å². The van der Waals surface area contributed by atoms with E-state index in [0.717, 1.165) is 37.0 Å². The van der Waals surface area contributed by atoms with Crippen LogP contribution in [-0.2, 0) is 22.4 Å². The fraction of sp³-hybridized carbons (Fsp3) is 0.500. The van der Waals surface area contributed by atoms with Crippen molar-refractivity contribution in [2.75, 3.05) is 6.26 Å². The van der Waals surface area contributed by atoms with Crippen LogP contribution >= 0.6 is 0 Å². The lowest BCUT2D eigenvalue weighted by molar-refractivity contribution is 0.420. The Balaban J connectivity index is 2.19. The number of hydrogen-bond donors (Lipinski definition) is 1. The molecule has 1 heterocycles. The second kappa shape index (κ2) is 4.30. The van der Waals surface area contributed by atoms with Crippen molar-refractivity contribution in [2.24, 2.45) is 12.8 Å². The van der Waals surface area contributed by atoms with Crippen LogP contribution in [0.2, 0.25) is 0 Å². The first-order valence-electron chi connectivity index (χ1n) is 6.77. The Morgan fingerprint density at radius 2 is 1.95 bits per heavy atom. The second-order valence-corrected chi connectivity index (χ2v) is 7.80. The minimum Gasteiger partial charge on any atom is -0.330 e. The zero-order valence-electron chi connectivity index (χ0n) is 11.8. The Bertz CT molecular complexity index is 771. The molecule has 2 aromatic rings. The van der Waals surface area contributed by atoms with Crippen LogP contribution in [0.15, 0.2) is 23.1 Å². The summed E-state index contributed by atoms with van der Waals surface area (Å²) in [6.45, 7) is 0. The smallest absolute Gasteiger partial charge is 0.175 e. The molecule has 1 fully saturated rings. The van der Waals surface area contributed by atoms with Crippen LogP contribution < -0.4 is 5.73 Å². The minimum absolute atomic E-state index is 0.298. The summed E-state index contributed by atoms with van der Waals surface area (Å²) in [5, 5.41) is 0. The monoisotopic (exact) mass is 293 g/mol. The van der Waals surface area contributed by atoms with Gasteiger partial charge in [-0.3, -0.25) is 0 Å². The molecule has 0 atom stereocenters. The van der Waals surface area contributed by atoms with Gasteiger partial charge in [0.25, 0.3) is 0 Å². The molecule has 3 rings (SSSR count). The van der Waals surface area contributed by atoms with Gasteiger partial charge in [-0.05, 0) is 31.0 Å². The number of aromatic nitrogens is 2. The van der Waals surface area contributed by atoms with Crippen LogP contribution in [0.5, 0.6) is 0 Å². The summed E-state index contributed by atoms with van der Waals surface area (Å²) in [5.74, 6) is 0.857. The first-order chi connectivity index (χ1) is 9.31. The van der Waals surface area contributed by atoms with E-state index in [4.69, 9.17) is 5.73 Å². The predicted molar refractivity (Wildman–Crippen MR) is 78.2 cm³/mol. The lowest BCUT2D eigenvalue weighted by Crippen LogP contribution is -2.36. The van der Waals surface area contributed by atoms with Crippen molar-refractivity contribution < 1.29 is 8.42 Å². The number of aryl methyl sites for hydroxylation is 1. The van der Waals surface area contributed by atoms with Crippen molar-refractivity contribution in [2.45, 2.75) is 36.1 Å². The molecule has 1 aliphatic rings. The fourth-order valence-corrected chi connectivity index (χ4v) is 3.73. The third-order valence-electron chi connectivity index (χ3n) is 4.22. The molecule has 2 N–H and O–H groups in total. The van der Waals surface area contributed by atoms with E-state index >= 15 is 0 Å². The molecule has 1 aliphatic carbocycles. The van der Waals surface area contributed by atoms with Crippen LogP contribution in [0, 0.1) is 0 Å². The summed E-state index contributed by atoms with van der Waals surface area (Å²) in [5.41, 5.74) is 7.71. The molecular formula is C14H19N3O2S. The van der Waals surface area contributed by atoms with E-state index < -0.39 is 9.84 Å². The lowest BCUT2D eigenvalue weighted by Gasteiger charge is -2.22. The van der Waals surface area contributed by atoms with Gasteiger partial charge in [0.2, 0.25) is 0 Å². The summed E-state index contributed by atoms with van der Waals surface area (Å²) in [6, 6.07) is 5.06. The van der Waals surface area contributed by atoms with E-state index in [1.165, 1.54) is 6.26 Å². The fourth-order valence-electron chi connectivity index (χ4n) is 3.09. The molecule has 5 nitrogen and oxygen atoms in total. The van der Waals surface area contributed by atoms with Crippen molar-refractivity contribution in [3.63, 3.8) is 0 Å². The number of hydrogen-bond acceptors (Lipinski definition) is 4. The summed E-state index contributed by atoms with van der Waals surface area (Å²) in [4.78, 5) is 4.91. The SMILES string of the molecule is Cn1c(C2(N)CCCC2)nc2cc(S(C)(=O)=O)ccc21. The molecule has 0 aliphatic heterocycles. The van der Waals surface area contributed by atoms with Gasteiger partial charge in [-0.1, -0.05) is 12.8 Å². The van der Waals surface area contributed by atoms with Crippen LogP contribution in [-0.4, -0.2) is 24.2 Å². The van der Waals surface area contributed by atoms with Crippen LogP contribution in [0.3, 0.4) is 0 Å². The van der Waals surface area contributed by atoms with Gasteiger partial charge in [-0.15, -0.1) is 0 Å². The predicted octanol–water partition coefficient (Wildman–Crippen LogP) is 1.70. The molecule has 1 saturated carbocycles. The summed E-state index contributed by atoms with van der Waals surface area (Å²) in [6.07, 6.45) is 5.31. The maximum Gasteiger partial charge on any atom is 0.175 e. The van der Waals surface area contributed by atoms with E-state index in [2.05, 4.69) is 4.98 Å². The normalized spacial score (nSPS) is 18.8. The first-order valence-corrected chi connectivity index (χ1v) is 8.66. The first kappa shape index (κ1) is 13.6. The van der Waals surface area contributed by atoms with Crippen molar-refractivity contribution in [3.05, 3.63) is 24.0 Å². The maximum atomic E-state index is 11.6. The van der Waals surface area contributed by atoms with Gasteiger partial charge in [-0.25, -0.2) is 13.4 Å². The van der Waals surface area contributed by atoms with Crippen molar-refractivity contribution in [3.8, 4) is 0 Å². The molecule has 108 valence electrons. The number of benzene rings is 1. The molecule has 0 unspecified atom stereocenters. The van der Waals surface area contributed by atoms with Gasteiger partial charge in [0, 0.05) is 13.3 Å². The quantitative estimate of drug-likeness (QED) is 0.914. The van der Waals surface area contributed by atoms with Gasteiger partial charge >= 0.3 is 0 Å². The molecule has 1 aromatic carbocycles. The third-order valence-corrected chi connectivity index (χ3v) is 5.33.